The maximum atomic E-state index is 12.0. The smallest absolute Gasteiger partial charge is 0.248 e. The molecule has 10 heteroatoms. The first-order chi connectivity index (χ1) is 11.5. The molecule has 0 radical (unpaired) electrons. The lowest BCUT2D eigenvalue weighted by molar-refractivity contribution is -0.122. The molecule has 2 aromatic heterocycles. The Bertz CT molecular complexity index is 843. The molecule has 9 nitrogen and oxygen atoms in total. The number of aryl methyl sites for hydroxylation is 1. The standard InChI is InChI=1S/C14H14ClN7O2/c1-8(14-17-9(2)20-24-14)16-12(23)7-22-19-13(18-21-22)10-3-5-11(15)6-4-10/h3-6,8H,7H2,1-2H3,(H,16,23)/t8-/m0/s1. The Morgan fingerprint density at radius 2 is 2.12 bits per heavy atom. The van der Waals surface area contributed by atoms with Crippen LogP contribution in [0.5, 0.6) is 0 Å². The average Bonchev–Trinajstić information content (AvgIpc) is 3.17. The van der Waals surface area contributed by atoms with Gasteiger partial charge in [0.25, 0.3) is 0 Å². The van der Waals surface area contributed by atoms with Crippen LogP contribution in [0.1, 0.15) is 24.7 Å². The Labute approximate surface area is 142 Å². The molecule has 0 bridgehead atoms. The molecule has 1 amide bonds. The van der Waals surface area contributed by atoms with Gasteiger partial charge in [0.05, 0.1) is 0 Å². The lowest BCUT2D eigenvalue weighted by atomic mass is 10.2. The van der Waals surface area contributed by atoms with Gasteiger partial charge in [0, 0.05) is 10.6 Å². The Hall–Kier alpha value is -2.81. The number of aromatic nitrogens is 6. The fourth-order valence-corrected chi connectivity index (χ4v) is 2.12. The summed E-state index contributed by atoms with van der Waals surface area (Å²) in [5.74, 6) is 0.976. The molecule has 3 aromatic rings. The van der Waals surface area contributed by atoms with Crippen LogP contribution in [0, 0.1) is 6.92 Å². The van der Waals surface area contributed by atoms with Crippen molar-refractivity contribution in [2.24, 2.45) is 0 Å². The minimum atomic E-state index is -0.405. The van der Waals surface area contributed by atoms with Gasteiger partial charge in [-0.1, -0.05) is 16.8 Å². The number of amides is 1. The van der Waals surface area contributed by atoms with Gasteiger partial charge < -0.3 is 9.84 Å². The third-order valence-corrected chi connectivity index (χ3v) is 3.38. The summed E-state index contributed by atoms with van der Waals surface area (Å²) in [7, 11) is 0. The number of nitrogens with one attached hydrogen (secondary N) is 1. The largest absolute Gasteiger partial charge is 0.343 e. The van der Waals surface area contributed by atoms with Crippen molar-refractivity contribution in [2.45, 2.75) is 26.4 Å². The van der Waals surface area contributed by atoms with Crippen molar-refractivity contribution in [3.63, 3.8) is 0 Å². The van der Waals surface area contributed by atoms with Crippen molar-refractivity contribution in [3.05, 3.63) is 41.0 Å². The SMILES string of the molecule is Cc1noc([C@H](C)NC(=O)Cn2nnc(-c3ccc(Cl)cc3)n2)n1. The topological polar surface area (TPSA) is 112 Å². The van der Waals surface area contributed by atoms with Crippen molar-refractivity contribution < 1.29 is 9.32 Å². The van der Waals surface area contributed by atoms with Crippen LogP contribution in [0.25, 0.3) is 11.4 Å². The van der Waals surface area contributed by atoms with Crippen LogP contribution in [0.15, 0.2) is 28.8 Å². The monoisotopic (exact) mass is 347 g/mol. The normalized spacial score (nSPS) is 12.1. The number of carbonyl (C=O) groups excluding carboxylic acids is 1. The van der Waals surface area contributed by atoms with E-state index in [2.05, 4.69) is 30.9 Å². The van der Waals surface area contributed by atoms with Crippen molar-refractivity contribution in [3.8, 4) is 11.4 Å². The molecule has 0 saturated carbocycles. The fourth-order valence-electron chi connectivity index (χ4n) is 1.99. The van der Waals surface area contributed by atoms with Gasteiger partial charge in [-0.15, -0.1) is 10.2 Å². The predicted molar refractivity (Wildman–Crippen MR) is 83.9 cm³/mol. The minimum Gasteiger partial charge on any atom is -0.343 e. The highest BCUT2D eigenvalue weighted by atomic mass is 35.5. The number of rotatable bonds is 5. The van der Waals surface area contributed by atoms with E-state index in [0.29, 0.717) is 22.6 Å². The summed E-state index contributed by atoms with van der Waals surface area (Å²) >= 11 is 5.84. The Morgan fingerprint density at radius 1 is 1.38 bits per heavy atom. The molecule has 0 saturated heterocycles. The highest BCUT2D eigenvalue weighted by Crippen LogP contribution is 2.17. The Balaban J connectivity index is 1.62. The fraction of sp³-hybridized carbons (Fsp3) is 0.286. The number of hydrogen-bond donors (Lipinski definition) is 1. The summed E-state index contributed by atoms with van der Waals surface area (Å²) < 4.78 is 5.01. The van der Waals surface area contributed by atoms with Gasteiger partial charge in [0.2, 0.25) is 17.6 Å². The van der Waals surface area contributed by atoms with Gasteiger partial charge in [-0.2, -0.15) is 9.78 Å². The molecule has 3 rings (SSSR count). The van der Waals surface area contributed by atoms with Crippen LogP contribution < -0.4 is 5.32 Å². The number of halogens is 1. The van der Waals surface area contributed by atoms with E-state index in [1.165, 1.54) is 4.80 Å². The summed E-state index contributed by atoms with van der Waals surface area (Å²) in [4.78, 5) is 17.3. The summed E-state index contributed by atoms with van der Waals surface area (Å²) in [5, 5.41) is 19.0. The molecule has 1 N–H and O–H groups in total. The molecular formula is C14H14ClN7O2. The van der Waals surface area contributed by atoms with Gasteiger partial charge in [-0.3, -0.25) is 4.79 Å². The van der Waals surface area contributed by atoms with Gasteiger partial charge in [0.1, 0.15) is 12.6 Å². The summed E-state index contributed by atoms with van der Waals surface area (Å²) in [6, 6.07) is 6.63. The van der Waals surface area contributed by atoms with Crippen molar-refractivity contribution >= 4 is 17.5 Å². The van der Waals surface area contributed by atoms with E-state index >= 15 is 0 Å². The number of hydrogen-bond acceptors (Lipinski definition) is 7. The molecule has 0 unspecified atom stereocenters. The zero-order valence-electron chi connectivity index (χ0n) is 13.0. The second-order valence-corrected chi connectivity index (χ2v) is 5.56. The van der Waals surface area contributed by atoms with Crippen LogP contribution in [0.3, 0.4) is 0 Å². The molecule has 1 atom stereocenters. The molecular weight excluding hydrogens is 334 g/mol. The summed E-state index contributed by atoms with van der Waals surface area (Å²) in [6.45, 7) is 3.38. The van der Waals surface area contributed by atoms with Gasteiger partial charge >= 0.3 is 0 Å². The van der Waals surface area contributed by atoms with E-state index in [1.54, 1.807) is 38.1 Å². The van der Waals surface area contributed by atoms with E-state index in [-0.39, 0.29) is 12.5 Å². The second kappa shape index (κ2) is 6.75. The first-order valence-electron chi connectivity index (χ1n) is 7.14. The zero-order valence-corrected chi connectivity index (χ0v) is 13.7. The molecule has 24 heavy (non-hydrogen) atoms. The first kappa shape index (κ1) is 16.1. The van der Waals surface area contributed by atoms with Crippen LogP contribution in [0.4, 0.5) is 0 Å². The third-order valence-electron chi connectivity index (χ3n) is 3.13. The molecule has 0 aliphatic rings. The van der Waals surface area contributed by atoms with E-state index in [4.69, 9.17) is 16.1 Å². The van der Waals surface area contributed by atoms with Gasteiger partial charge in [-0.25, -0.2) is 0 Å². The molecule has 1 aromatic carbocycles. The Morgan fingerprint density at radius 3 is 2.79 bits per heavy atom. The molecule has 0 spiro atoms. The number of carbonyl (C=O) groups is 1. The van der Waals surface area contributed by atoms with Crippen molar-refractivity contribution in [1.29, 1.82) is 0 Å². The van der Waals surface area contributed by atoms with Crippen LogP contribution in [0.2, 0.25) is 5.02 Å². The van der Waals surface area contributed by atoms with Crippen molar-refractivity contribution in [1.82, 2.24) is 35.7 Å². The highest BCUT2D eigenvalue weighted by molar-refractivity contribution is 6.30. The van der Waals surface area contributed by atoms with Crippen molar-refractivity contribution in [2.75, 3.05) is 0 Å². The third kappa shape index (κ3) is 3.74. The molecule has 0 aliphatic carbocycles. The number of tetrazole rings is 1. The lowest BCUT2D eigenvalue weighted by Crippen LogP contribution is -2.31. The molecule has 2 heterocycles. The van der Waals surface area contributed by atoms with E-state index < -0.39 is 6.04 Å². The lowest BCUT2D eigenvalue weighted by Gasteiger charge is -2.08. The van der Waals surface area contributed by atoms with Crippen LogP contribution >= 0.6 is 11.6 Å². The molecule has 0 aliphatic heterocycles. The van der Waals surface area contributed by atoms with Crippen LogP contribution in [-0.2, 0) is 11.3 Å². The first-order valence-corrected chi connectivity index (χ1v) is 7.52. The minimum absolute atomic E-state index is 0.0714. The zero-order chi connectivity index (χ0) is 17.1. The maximum absolute atomic E-state index is 12.0. The predicted octanol–water partition coefficient (Wildman–Crippen LogP) is 1.56. The van der Waals surface area contributed by atoms with Gasteiger partial charge in [0.15, 0.2) is 5.82 Å². The Kier molecular flexibility index (Phi) is 4.52. The van der Waals surface area contributed by atoms with Crippen LogP contribution in [-0.4, -0.2) is 36.3 Å². The summed E-state index contributed by atoms with van der Waals surface area (Å²) in [6.07, 6.45) is 0. The van der Waals surface area contributed by atoms with E-state index in [9.17, 15) is 4.79 Å². The van der Waals surface area contributed by atoms with E-state index in [0.717, 1.165) is 5.56 Å². The quantitative estimate of drug-likeness (QED) is 0.745. The number of nitrogens with zero attached hydrogens (tertiary/aromatic N) is 6. The average molecular weight is 348 g/mol. The highest BCUT2D eigenvalue weighted by Gasteiger charge is 2.16. The van der Waals surface area contributed by atoms with E-state index in [1.807, 2.05) is 0 Å². The summed E-state index contributed by atoms with van der Waals surface area (Å²) in [5.41, 5.74) is 0.765. The molecule has 124 valence electrons. The molecule has 0 fully saturated rings. The maximum Gasteiger partial charge on any atom is 0.248 e. The number of benzene rings is 1. The van der Waals surface area contributed by atoms with Gasteiger partial charge in [-0.05, 0) is 43.3 Å². The second-order valence-electron chi connectivity index (χ2n) is 5.12.